The van der Waals surface area contributed by atoms with Gasteiger partial charge in [0.25, 0.3) is 0 Å². The van der Waals surface area contributed by atoms with Crippen LogP contribution < -0.4 is 10.2 Å². The quantitative estimate of drug-likeness (QED) is 0.881. The topological polar surface area (TPSA) is 41.3 Å². The van der Waals surface area contributed by atoms with Crippen LogP contribution in [0.1, 0.15) is 30.1 Å². The van der Waals surface area contributed by atoms with E-state index >= 15 is 0 Å². The van der Waals surface area contributed by atoms with Crippen molar-refractivity contribution in [1.29, 1.82) is 0 Å². The normalized spacial score (nSPS) is 14.8. The highest BCUT2D eigenvalue weighted by molar-refractivity contribution is 7.13. The van der Waals surface area contributed by atoms with E-state index in [9.17, 15) is 0 Å². The highest BCUT2D eigenvalue weighted by Gasteiger charge is 2.20. The number of hydrogen-bond donors (Lipinski definition) is 1. The summed E-state index contributed by atoms with van der Waals surface area (Å²) in [6, 6.07) is 4.75. The second kappa shape index (κ2) is 5.35. The monoisotopic (exact) mass is 277 g/mol. The zero-order valence-corrected chi connectivity index (χ0v) is 12.2. The number of aromatic nitrogens is 1. The van der Waals surface area contributed by atoms with Gasteiger partial charge in [-0.2, -0.15) is 0 Å². The molecule has 0 amide bonds. The average Bonchev–Trinajstić information content (AvgIpc) is 2.94. The molecule has 0 atom stereocenters. The van der Waals surface area contributed by atoms with Gasteiger partial charge in [-0.05, 0) is 31.9 Å². The van der Waals surface area contributed by atoms with Gasteiger partial charge in [-0.1, -0.05) is 0 Å². The van der Waals surface area contributed by atoms with Crippen LogP contribution in [0.5, 0.6) is 0 Å². The largest absolute Gasteiger partial charge is 0.464 e. The predicted octanol–water partition coefficient (Wildman–Crippen LogP) is 2.93. The van der Waals surface area contributed by atoms with Gasteiger partial charge in [-0.15, -0.1) is 11.3 Å². The third-order valence-corrected chi connectivity index (χ3v) is 4.21. The zero-order valence-electron chi connectivity index (χ0n) is 11.3. The first-order chi connectivity index (χ1) is 9.20. The minimum absolute atomic E-state index is 0.731. The molecular formula is C14H19N3OS. The molecule has 1 fully saturated rings. The lowest BCUT2D eigenvalue weighted by molar-refractivity contribution is 0.481. The van der Waals surface area contributed by atoms with Crippen LogP contribution in [0, 0.1) is 6.92 Å². The van der Waals surface area contributed by atoms with Crippen molar-refractivity contribution >= 4 is 16.5 Å². The Hall–Kier alpha value is -1.33. The molecule has 1 saturated carbocycles. The number of nitrogens with zero attached hydrogens (tertiary/aromatic N) is 2. The first-order valence-corrected chi connectivity index (χ1v) is 7.53. The third-order valence-electron chi connectivity index (χ3n) is 3.20. The molecule has 19 heavy (non-hydrogen) atoms. The van der Waals surface area contributed by atoms with E-state index in [-0.39, 0.29) is 0 Å². The van der Waals surface area contributed by atoms with E-state index in [0.29, 0.717) is 0 Å². The second-order valence-electron chi connectivity index (χ2n) is 5.15. The van der Waals surface area contributed by atoms with Gasteiger partial charge in [-0.3, -0.25) is 0 Å². The number of anilines is 1. The number of furan rings is 1. The Morgan fingerprint density at radius 2 is 2.32 bits per heavy atom. The Morgan fingerprint density at radius 1 is 1.47 bits per heavy atom. The van der Waals surface area contributed by atoms with Crippen LogP contribution >= 0.6 is 11.3 Å². The highest BCUT2D eigenvalue weighted by Crippen LogP contribution is 2.23. The number of hydrogen-bond acceptors (Lipinski definition) is 5. The van der Waals surface area contributed by atoms with E-state index in [1.165, 1.54) is 12.8 Å². The molecule has 0 aromatic carbocycles. The Balaban J connectivity index is 1.57. The fourth-order valence-electron chi connectivity index (χ4n) is 1.96. The molecule has 0 aliphatic heterocycles. The summed E-state index contributed by atoms with van der Waals surface area (Å²) in [6.45, 7) is 3.61. The SMILES string of the molecule is Cc1ccc(CN(C)c2nc(CNC3CC3)cs2)o1. The van der Waals surface area contributed by atoms with Crippen LogP contribution in [0.3, 0.4) is 0 Å². The molecule has 1 N–H and O–H groups in total. The summed E-state index contributed by atoms with van der Waals surface area (Å²) in [4.78, 5) is 6.78. The molecule has 5 heteroatoms. The van der Waals surface area contributed by atoms with Gasteiger partial charge in [0.1, 0.15) is 11.5 Å². The maximum atomic E-state index is 5.59. The molecule has 3 rings (SSSR count). The number of thiazole rings is 1. The summed E-state index contributed by atoms with van der Waals surface area (Å²) in [6.07, 6.45) is 2.63. The Morgan fingerprint density at radius 3 is 3.00 bits per heavy atom. The molecule has 0 radical (unpaired) electrons. The van der Waals surface area contributed by atoms with E-state index in [1.807, 2.05) is 19.1 Å². The van der Waals surface area contributed by atoms with Crippen molar-refractivity contribution in [2.75, 3.05) is 11.9 Å². The van der Waals surface area contributed by atoms with Crippen LogP contribution in [0.25, 0.3) is 0 Å². The summed E-state index contributed by atoms with van der Waals surface area (Å²) in [5.41, 5.74) is 1.13. The average molecular weight is 277 g/mol. The van der Waals surface area contributed by atoms with Crippen molar-refractivity contribution < 1.29 is 4.42 Å². The fraction of sp³-hybridized carbons (Fsp3) is 0.500. The minimum atomic E-state index is 0.731. The summed E-state index contributed by atoms with van der Waals surface area (Å²) < 4.78 is 5.59. The smallest absolute Gasteiger partial charge is 0.185 e. The molecule has 1 aliphatic carbocycles. The van der Waals surface area contributed by atoms with Crippen molar-refractivity contribution in [3.8, 4) is 0 Å². The van der Waals surface area contributed by atoms with Gasteiger partial charge in [0.2, 0.25) is 0 Å². The first-order valence-electron chi connectivity index (χ1n) is 6.65. The standard InChI is InChI=1S/C14H19N3OS/c1-10-3-6-13(18-10)8-17(2)14-16-12(9-19-14)7-15-11-4-5-11/h3,6,9,11,15H,4-5,7-8H2,1-2H3. The van der Waals surface area contributed by atoms with Gasteiger partial charge in [0.15, 0.2) is 5.13 Å². The molecule has 2 aromatic rings. The van der Waals surface area contributed by atoms with E-state index in [0.717, 1.165) is 41.5 Å². The van der Waals surface area contributed by atoms with Crippen molar-refractivity contribution in [3.63, 3.8) is 0 Å². The summed E-state index contributed by atoms with van der Waals surface area (Å²) in [5, 5.41) is 6.66. The second-order valence-corrected chi connectivity index (χ2v) is 5.98. The van der Waals surface area contributed by atoms with E-state index < -0.39 is 0 Å². The van der Waals surface area contributed by atoms with Crippen LogP contribution in [-0.4, -0.2) is 18.1 Å². The van der Waals surface area contributed by atoms with Gasteiger partial charge in [0.05, 0.1) is 12.2 Å². The number of nitrogens with one attached hydrogen (secondary N) is 1. The number of aryl methyl sites for hydroxylation is 1. The first kappa shape index (κ1) is 12.7. The molecule has 1 aliphatic rings. The van der Waals surface area contributed by atoms with Crippen LogP contribution in [0.2, 0.25) is 0 Å². The predicted molar refractivity (Wildman–Crippen MR) is 77.5 cm³/mol. The van der Waals surface area contributed by atoms with E-state index in [4.69, 9.17) is 4.42 Å². The van der Waals surface area contributed by atoms with Crippen LogP contribution in [-0.2, 0) is 13.1 Å². The fourth-order valence-corrected chi connectivity index (χ4v) is 2.75. The molecule has 102 valence electrons. The molecular weight excluding hydrogens is 258 g/mol. The molecule has 0 bridgehead atoms. The van der Waals surface area contributed by atoms with Crippen molar-refractivity contribution in [3.05, 3.63) is 34.7 Å². The van der Waals surface area contributed by atoms with Gasteiger partial charge in [0, 0.05) is 25.0 Å². The van der Waals surface area contributed by atoms with Crippen molar-refractivity contribution in [2.45, 2.75) is 38.9 Å². The molecule has 0 unspecified atom stereocenters. The van der Waals surface area contributed by atoms with E-state index in [1.54, 1.807) is 11.3 Å². The maximum Gasteiger partial charge on any atom is 0.185 e. The highest BCUT2D eigenvalue weighted by atomic mass is 32.1. The Kier molecular flexibility index (Phi) is 3.57. The van der Waals surface area contributed by atoms with Crippen molar-refractivity contribution in [2.24, 2.45) is 0 Å². The van der Waals surface area contributed by atoms with Gasteiger partial charge >= 0.3 is 0 Å². The molecule has 4 nitrogen and oxygen atoms in total. The van der Waals surface area contributed by atoms with Gasteiger partial charge < -0.3 is 14.6 Å². The lowest BCUT2D eigenvalue weighted by atomic mass is 10.4. The third kappa shape index (κ3) is 3.36. The van der Waals surface area contributed by atoms with Crippen molar-refractivity contribution in [1.82, 2.24) is 10.3 Å². The Bertz CT molecular complexity index is 544. The maximum absolute atomic E-state index is 5.59. The summed E-state index contributed by atoms with van der Waals surface area (Å²) in [5.74, 6) is 1.93. The zero-order chi connectivity index (χ0) is 13.2. The van der Waals surface area contributed by atoms with Gasteiger partial charge in [-0.25, -0.2) is 4.98 Å². The minimum Gasteiger partial charge on any atom is -0.464 e. The summed E-state index contributed by atoms with van der Waals surface area (Å²) >= 11 is 1.69. The molecule has 0 spiro atoms. The molecule has 0 saturated heterocycles. The van der Waals surface area contributed by atoms with Crippen LogP contribution in [0.15, 0.2) is 21.9 Å². The van der Waals surface area contributed by atoms with E-state index in [2.05, 4.69) is 27.6 Å². The molecule has 2 heterocycles. The summed E-state index contributed by atoms with van der Waals surface area (Å²) in [7, 11) is 2.05. The molecule has 2 aromatic heterocycles. The Labute approximate surface area is 117 Å². The lowest BCUT2D eigenvalue weighted by Gasteiger charge is -2.13. The van der Waals surface area contributed by atoms with Crippen LogP contribution in [0.4, 0.5) is 5.13 Å². The lowest BCUT2D eigenvalue weighted by Crippen LogP contribution is -2.17. The number of rotatable bonds is 6.